The fraction of sp³-hybridized carbons (Fsp3) is 0.250. The van der Waals surface area contributed by atoms with Gasteiger partial charge in [0.2, 0.25) is 5.82 Å². The smallest absolute Gasteiger partial charge is 0.305 e. The van der Waals surface area contributed by atoms with E-state index >= 15 is 0 Å². The molecule has 0 aliphatic carbocycles. The first-order valence-electron chi connectivity index (χ1n) is 3.81. The largest absolute Gasteiger partial charge is 0.322 e. The van der Waals surface area contributed by atoms with Gasteiger partial charge in [-0.2, -0.15) is 4.39 Å². The molecule has 7 heteroatoms. The van der Waals surface area contributed by atoms with Gasteiger partial charge in [0, 0.05) is 6.07 Å². The summed E-state index contributed by atoms with van der Waals surface area (Å²) in [6, 6.07) is 2.13. The van der Waals surface area contributed by atoms with Gasteiger partial charge in [-0.1, -0.05) is 6.07 Å². The minimum atomic E-state index is -0.954. The topological polar surface area (TPSA) is 69.2 Å². The Bertz CT molecular complexity index is 362. The van der Waals surface area contributed by atoms with Gasteiger partial charge in [-0.05, 0) is 11.6 Å². The summed E-state index contributed by atoms with van der Waals surface area (Å²) in [5.41, 5.74) is 4.81. The molecule has 0 fully saturated rings. The van der Waals surface area contributed by atoms with E-state index in [2.05, 4.69) is 0 Å². The lowest BCUT2D eigenvalue weighted by atomic mass is 10.1. The number of nitro benzene ring substituents is 1. The van der Waals surface area contributed by atoms with Crippen molar-refractivity contribution in [3.05, 3.63) is 39.7 Å². The maximum absolute atomic E-state index is 12.8. The Hall–Kier alpha value is -1.27. The van der Waals surface area contributed by atoms with Crippen LogP contribution in [0.25, 0.3) is 0 Å². The standard InChI is InChI=1S/C8H8F2N2O2.ClH/c9-4-7(11)5-1-2-6(10)8(3-5)12(13)14;/h1-3,7H,4,11H2;1H/t7-;/m1./s1. The molecule has 84 valence electrons. The van der Waals surface area contributed by atoms with Crippen molar-refractivity contribution in [1.29, 1.82) is 0 Å². The van der Waals surface area contributed by atoms with Crippen molar-refractivity contribution in [3.63, 3.8) is 0 Å². The summed E-state index contributed by atoms with van der Waals surface area (Å²) in [5, 5.41) is 10.3. The van der Waals surface area contributed by atoms with Crippen LogP contribution < -0.4 is 5.73 Å². The maximum Gasteiger partial charge on any atom is 0.305 e. The summed E-state index contributed by atoms with van der Waals surface area (Å²) in [5.74, 6) is -0.954. The number of rotatable bonds is 3. The molecule has 0 aliphatic rings. The van der Waals surface area contributed by atoms with Crippen molar-refractivity contribution in [2.45, 2.75) is 6.04 Å². The van der Waals surface area contributed by atoms with Crippen LogP contribution in [0.1, 0.15) is 11.6 Å². The average molecular weight is 239 g/mol. The summed E-state index contributed by atoms with van der Waals surface area (Å²) in [6.45, 7) is -0.844. The van der Waals surface area contributed by atoms with Crippen molar-refractivity contribution >= 4 is 18.1 Å². The molecule has 1 aromatic carbocycles. The van der Waals surface area contributed by atoms with Gasteiger partial charge in [0.1, 0.15) is 6.67 Å². The second-order valence-electron chi connectivity index (χ2n) is 2.73. The first kappa shape index (κ1) is 13.7. The molecule has 1 aromatic rings. The zero-order valence-electron chi connectivity index (χ0n) is 7.52. The van der Waals surface area contributed by atoms with Crippen molar-refractivity contribution in [1.82, 2.24) is 0 Å². The molecular weight excluding hydrogens is 230 g/mol. The number of nitrogens with zero attached hydrogens (tertiary/aromatic N) is 1. The molecule has 0 heterocycles. The van der Waals surface area contributed by atoms with Gasteiger partial charge < -0.3 is 5.73 Å². The molecule has 4 nitrogen and oxygen atoms in total. The fourth-order valence-corrected chi connectivity index (χ4v) is 0.989. The van der Waals surface area contributed by atoms with Crippen LogP contribution in [-0.2, 0) is 0 Å². The molecule has 1 atom stereocenters. The summed E-state index contributed by atoms with van der Waals surface area (Å²) >= 11 is 0. The van der Waals surface area contributed by atoms with Gasteiger partial charge in [0.05, 0.1) is 11.0 Å². The second-order valence-corrected chi connectivity index (χ2v) is 2.73. The van der Waals surface area contributed by atoms with Gasteiger partial charge >= 0.3 is 5.69 Å². The van der Waals surface area contributed by atoms with Crippen LogP contribution in [0.3, 0.4) is 0 Å². The Labute approximate surface area is 90.6 Å². The lowest BCUT2D eigenvalue weighted by molar-refractivity contribution is -0.387. The van der Waals surface area contributed by atoms with E-state index in [1.165, 1.54) is 6.07 Å². The van der Waals surface area contributed by atoms with Crippen molar-refractivity contribution in [3.8, 4) is 0 Å². The quantitative estimate of drug-likeness (QED) is 0.648. The zero-order valence-corrected chi connectivity index (χ0v) is 8.34. The molecule has 0 bridgehead atoms. The van der Waals surface area contributed by atoms with Crippen LogP contribution in [0.4, 0.5) is 14.5 Å². The molecule has 0 amide bonds. The Morgan fingerprint density at radius 3 is 2.60 bits per heavy atom. The number of hydrogen-bond donors (Lipinski definition) is 1. The van der Waals surface area contributed by atoms with Crippen LogP contribution in [0.5, 0.6) is 0 Å². The first-order valence-corrected chi connectivity index (χ1v) is 3.81. The molecule has 0 saturated heterocycles. The van der Waals surface area contributed by atoms with Crippen LogP contribution in [0.2, 0.25) is 0 Å². The highest BCUT2D eigenvalue weighted by molar-refractivity contribution is 5.85. The van der Waals surface area contributed by atoms with E-state index in [0.29, 0.717) is 0 Å². The van der Waals surface area contributed by atoms with Gasteiger partial charge in [0.15, 0.2) is 0 Å². The molecule has 0 aromatic heterocycles. The summed E-state index contributed by atoms with van der Waals surface area (Å²) in [7, 11) is 0. The molecule has 2 N–H and O–H groups in total. The fourth-order valence-electron chi connectivity index (χ4n) is 0.989. The van der Waals surface area contributed by atoms with Gasteiger partial charge in [0.25, 0.3) is 0 Å². The Morgan fingerprint density at radius 2 is 2.13 bits per heavy atom. The average Bonchev–Trinajstić information content (AvgIpc) is 2.17. The molecular formula is C8H9ClF2N2O2. The second kappa shape index (κ2) is 5.57. The zero-order chi connectivity index (χ0) is 10.7. The minimum absolute atomic E-state index is 0. The maximum atomic E-state index is 12.8. The van der Waals surface area contributed by atoms with Crippen LogP contribution in [0.15, 0.2) is 18.2 Å². The van der Waals surface area contributed by atoms with Crippen molar-refractivity contribution < 1.29 is 13.7 Å². The molecule has 0 saturated carbocycles. The first-order chi connectivity index (χ1) is 6.56. The predicted molar refractivity (Wildman–Crippen MR) is 53.2 cm³/mol. The summed E-state index contributed by atoms with van der Waals surface area (Å²) in [6.07, 6.45) is 0. The van der Waals surface area contributed by atoms with E-state index < -0.39 is 29.1 Å². The SMILES string of the molecule is Cl.N[C@H](CF)c1ccc(F)c([N+](=O)[O-])c1. The summed E-state index contributed by atoms with van der Waals surface area (Å²) in [4.78, 5) is 9.44. The van der Waals surface area contributed by atoms with Gasteiger partial charge in [-0.25, -0.2) is 4.39 Å². The normalized spacial score (nSPS) is 11.7. The number of nitro groups is 1. The Balaban J connectivity index is 0.00000196. The van der Waals surface area contributed by atoms with Gasteiger partial charge in [-0.15, -0.1) is 12.4 Å². The highest BCUT2D eigenvalue weighted by Crippen LogP contribution is 2.21. The third-order valence-corrected chi connectivity index (χ3v) is 1.76. The minimum Gasteiger partial charge on any atom is -0.322 e. The molecule has 0 radical (unpaired) electrons. The number of hydrogen-bond acceptors (Lipinski definition) is 3. The Kier molecular flexibility index (Phi) is 5.10. The van der Waals surface area contributed by atoms with E-state index in [-0.39, 0.29) is 18.0 Å². The van der Waals surface area contributed by atoms with Crippen LogP contribution >= 0.6 is 12.4 Å². The third kappa shape index (κ3) is 3.10. The van der Waals surface area contributed by atoms with Gasteiger partial charge in [-0.3, -0.25) is 10.1 Å². The Morgan fingerprint density at radius 1 is 1.53 bits per heavy atom. The monoisotopic (exact) mass is 238 g/mol. The molecule has 0 unspecified atom stereocenters. The number of halogens is 3. The molecule has 0 aliphatic heterocycles. The predicted octanol–water partition coefficient (Wildman–Crippen LogP) is 2.12. The van der Waals surface area contributed by atoms with Crippen molar-refractivity contribution in [2.24, 2.45) is 5.73 Å². The van der Waals surface area contributed by atoms with E-state index in [1.54, 1.807) is 0 Å². The number of alkyl halides is 1. The van der Waals surface area contributed by atoms with Crippen LogP contribution in [-0.4, -0.2) is 11.6 Å². The van der Waals surface area contributed by atoms with Crippen LogP contribution in [0, 0.1) is 15.9 Å². The highest BCUT2D eigenvalue weighted by atomic mass is 35.5. The van der Waals surface area contributed by atoms with E-state index in [4.69, 9.17) is 5.73 Å². The molecule has 0 spiro atoms. The molecule has 1 rings (SSSR count). The van der Waals surface area contributed by atoms with Crippen molar-refractivity contribution in [2.75, 3.05) is 6.67 Å². The van der Waals surface area contributed by atoms with E-state index in [1.807, 2.05) is 0 Å². The lowest BCUT2D eigenvalue weighted by Crippen LogP contribution is -2.12. The lowest BCUT2D eigenvalue weighted by Gasteiger charge is -2.06. The number of benzene rings is 1. The number of nitrogens with two attached hydrogens (primary N) is 1. The van der Waals surface area contributed by atoms with E-state index in [9.17, 15) is 18.9 Å². The third-order valence-electron chi connectivity index (χ3n) is 1.76. The molecule has 15 heavy (non-hydrogen) atoms. The van der Waals surface area contributed by atoms with E-state index in [0.717, 1.165) is 12.1 Å². The summed E-state index contributed by atoms with van der Waals surface area (Å²) < 4.78 is 24.9. The highest BCUT2D eigenvalue weighted by Gasteiger charge is 2.16.